The van der Waals surface area contributed by atoms with Crippen LogP contribution in [0.5, 0.6) is 5.75 Å². The Kier molecular flexibility index (Phi) is 3.34. The molecule has 1 aliphatic carbocycles. The largest absolute Gasteiger partial charge is 0.493 e. The number of ether oxygens (including phenoxy) is 1. The molecule has 1 aromatic rings. The molecule has 2 fully saturated rings. The maximum absolute atomic E-state index is 12.0. The van der Waals surface area contributed by atoms with E-state index in [9.17, 15) is 9.59 Å². The number of carbonyl (C=O) groups is 2. The summed E-state index contributed by atoms with van der Waals surface area (Å²) >= 11 is 0. The van der Waals surface area contributed by atoms with Crippen LogP contribution in [0.15, 0.2) is 18.2 Å². The molecule has 1 saturated carbocycles. The van der Waals surface area contributed by atoms with E-state index in [1.165, 1.54) is 12.8 Å². The minimum Gasteiger partial charge on any atom is -0.493 e. The zero-order valence-electron chi connectivity index (χ0n) is 11.2. The summed E-state index contributed by atoms with van der Waals surface area (Å²) in [6.07, 6.45) is 3.29. The van der Waals surface area contributed by atoms with E-state index in [1.54, 1.807) is 12.1 Å². The molecule has 1 heterocycles. The van der Waals surface area contributed by atoms with Gasteiger partial charge in [0.1, 0.15) is 5.75 Å². The number of anilines is 1. The quantitative estimate of drug-likeness (QED) is 0.645. The van der Waals surface area contributed by atoms with E-state index in [4.69, 9.17) is 10.5 Å². The van der Waals surface area contributed by atoms with Crippen molar-refractivity contribution in [3.8, 4) is 5.75 Å². The average Bonchev–Trinajstić information content (AvgIpc) is 3.21. The number of hydrogen-bond donors (Lipinski definition) is 2. The van der Waals surface area contributed by atoms with Crippen molar-refractivity contribution in [1.82, 2.24) is 5.32 Å². The van der Waals surface area contributed by atoms with Gasteiger partial charge in [0.05, 0.1) is 12.5 Å². The lowest BCUT2D eigenvalue weighted by atomic mass is 9.89. The Bertz CT molecular complexity index is 552. The number of nitrogens with one attached hydrogen (secondary N) is 1. The number of hydrogen-bond acceptors (Lipinski definition) is 4. The molecule has 1 aromatic carbocycles. The second-order valence-electron chi connectivity index (χ2n) is 5.56. The molecule has 3 rings (SSSR count). The predicted octanol–water partition coefficient (Wildman–Crippen LogP) is 1.58. The molecule has 0 radical (unpaired) electrons. The fourth-order valence-electron chi connectivity index (χ4n) is 2.45. The maximum atomic E-state index is 12.0. The molecule has 106 valence electrons. The highest BCUT2D eigenvalue weighted by atomic mass is 16.5. The lowest BCUT2D eigenvalue weighted by Crippen LogP contribution is -2.39. The molecule has 5 nitrogen and oxygen atoms in total. The zero-order chi connectivity index (χ0) is 14.1. The highest BCUT2D eigenvalue weighted by molar-refractivity contribution is 6.01. The van der Waals surface area contributed by atoms with Gasteiger partial charge in [-0.2, -0.15) is 0 Å². The SMILES string of the molecule is Nc1ccc(C2CCC(=O)NC2=O)c(OCC2CC2)c1. The minimum atomic E-state index is -0.331. The second-order valence-corrected chi connectivity index (χ2v) is 5.56. The second kappa shape index (κ2) is 5.15. The number of carbonyl (C=O) groups excluding carboxylic acids is 2. The Balaban J connectivity index is 1.83. The molecule has 1 atom stereocenters. The minimum absolute atomic E-state index is 0.206. The van der Waals surface area contributed by atoms with Gasteiger partial charge in [-0.05, 0) is 31.2 Å². The van der Waals surface area contributed by atoms with Crippen molar-refractivity contribution in [2.24, 2.45) is 5.92 Å². The number of rotatable bonds is 4. The van der Waals surface area contributed by atoms with Gasteiger partial charge in [-0.25, -0.2) is 0 Å². The summed E-state index contributed by atoms with van der Waals surface area (Å²) in [5.41, 5.74) is 7.24. The van der Waals surface area contributed by atoms with Crippen LogP contribution >= 0.6 is 0 Å². The third-order valence-corrected chi connectivity index (χ3v) is 3.82. The lowest BCUT2D eigenvalue weighted by Gasteiger charge is -2.23. The van der Waals surface area contributed by atoms with Crippen molar-refractivity contribution in [1.29, 1.82) is 0 Å². The Morgan fingerprint density at radius 3 is 2.75 bits per heavy atom. The molecule has 0 aromatic heterocycles. The molecule has 3 N–H and O–H groups in total. The first-order chi connectivity index (χ1) is 9.63. The zero-order valence-corrected chi connectivity index (χ0v) is 11.2. The Hall–Kier alpha value is -2.04. The number of benzene rings is 1. The Labute approximate surface area is 117 Å². The first-order valence-electron chi connectivity index (χ1n) is 6.99. The van der Waals surface area contributed by atoms with Crippen molar-refractivity contribution in [2.45, 2.75) is 31.6 Å². The Morgan fingerprint density at radius 2 is 2.05 bits per heavy atom. The predicted molar refractivity (Wildman–Crippen MR) is 74.2 cm³/mol. The molecule has 20 heavy (non-hydrogen) atoms. The van der Waals surface area contributed by atoms with Gasteiger partial charge in [0.2, 0.25) is 11.8 Å². The molecule has 2 amide bonds. The van der Waals surface area contributed by atoms with E-state index in [1.807, 2.05) is 6.07 Å². The van der Waals surface area contributed by atoms with E-state index in [2.05, 4.69) is 5.32 Å². The van der Waals surface area contributed by atoms with Gasteiger partial charge in [-0.3, -0.25) is 14.9 Å². The molecule has 1 aliphatic heterocycles. The molecule has 0 bridgehead atoms. The summed E-state index contributed by atoms with van der Waals surface area (Å²) in [7, 11) is 0. The summed E-state index contributed by atoms with van der Waals surface area (Å²) in [4.78, 5) is 23.2. The number of nitrogens with two attached hydrogens (primary N) is 1. The van der Waals surface area contributed by atoms with Gasteiger partial charge >= 0.3 is 0 Å². The molecule has 1 unspecified atom stereocenters. The van der Waals surface area contributed by atoms with Crippen LogP contribution in [0.4, 0.5) is 5.69 Å². The van der Waals surface area contributed by atoms with Crippen LogP contribution in [-0.2, 0) is 9.59 Å². The standard InChI is InChI=1S/C15H18N2O3/c16-10-3-4-11(12-5-6-14(18)17-15(12)19)13(7-10)20-8-9-1-2-9/h3-4,7,9,12H,1-2,5-6,8,16H2,(H,17,18,19). The van der Waals surface area contributed by atoms with E-state index in [-0.39, 0.29) is 17.7 Å². The van der Waals surface area contributed by atoms with Gasteiger partial charge in [0.15, 0.2) is 0 Å². The van der Waals surface area contributed by atoms with Crippen molar-refractivity contribution in [2.75, 3.05) is 12.3 Å². The van der Waals surface area contributed by atoms with E-state index < -0.39 is 0 Å². The van der Waals surface area contributed by atoms with Crippen LogP contribution in [0.1, 0.15) is 37.2 Å². The summed E-state index contributed by atoms with van der Waals surface area (Å²) in [5, 5.41) is 2.38. The summed E-state index contributed by atoms with van der Waals surface area (Å²) in [6.45, 7) is 0.670. The highest BCUT2D eigenvalue weighted by Crippen LogP contribution is 2.35. The number of nitrogen functional groups attached to an aromatic ring is 1. The molecular weight excluding hydrogens is 256 g/mol. The van der Waals surface area contributed by atoms with Crippen LogP contribution in [0.25, 0.3) is 0 Å². The van der Waals surface area contributed by atoms with Crippen LogP contribution in [-0.4, -0.2) is 18.4 Å². The maximum Gasteiger partial charge on any atom is 0.234 e. The Morgan fingerprint density at radius 1 is 1.25 bits per heavy atom. The van der Waals surface area contributed by atoms with Crippen molar-refractivity contribution < 1.29 is 14.3 Å². The van der Waals surface area contributed by atoms with E-state index in [0.29, 0.717) is 36.8 Å². The van der Waals surface area contributed by atoms with Crippen molar-refractivity contribution >= 4 is 17.5 Å². The normalized spacial score (nSPS) is 22.5. The van der Waals surface area contributed by atoms with Gasteiger partial charge in [0.25, 0.3) is 0 Å². The van der Waals surface area contributed by atoms with Crippen LogP contribution < -0.4 is 15.8 Å². The number of amides is 2. The monoisotopic (exact) mass is 274 g/mol. The first kappa shape index (κ1) is 13.0. The molecule has 5 heteroatoms. The molecular formula is C15H18N2O3. The summed E-state index contributed by atoms with van der Waals surface area (Å²) in [5.74, 6) is 0.518. The van der Waals surface area contributed by atoms with Crippen molar-refractivity contribution in [3.63, 3.8) is 0 Å². The smallest absolute Gasteiger partial charge is 0.234 e. The van der Waals surface area contributed by atoms with Gasteiger partial charge in [-0.15, -0.1) is 0 Å². The summed E-state index contributed by atoms with van der Waals surface area (Å²) < 4.78 is 5.83. The fourth-order valence-corrected chi connectivity index (χ4v) is 2.45. The average molecular weight is 274 g/mol. The third kappa shape index (κ3) is 2.76. The number of piperidine rings is 1. The van der Waals surface area contributed by atoms with Crippen molar-refractivity contribution in [3.05, 3.63) is 23.8 Å². The molecule has 1 saturated heterocycles. The van der Waals surface area contributed by atoms with Crippen LogP contribution in [0, 0.1) is 5.92 Å². The van der Waals surface area contributed by atoms with Gasteiger partial charge in [0, 0.05) is 23.7 Å². The van der Waals surface area contributed by atoms with E-state index in [0.717, 1.165) is 5.56 Å². The summed E-state index contributed by atoms with van der Waals surface area (Å²) in [6, 6.07) is 5.36. The third-order valence-electron chi connectivity index (χ3n) is 3.82. The van der Waals surface area contributed by atoms with Crippen LogP contribution in [0.2, 0.25) is 0 Å². The van der Waals surface area contributed by atoms with Crippen LogP contribution in [0.3, 0.4) is 0 Å². The fraction of sp³-hybridized carbons (Fsp3) is 0.467. The topological polar surface area (TPSA) is 81.4 Å². The number of imide groups is 1. The van der Waals surface area contributed by atoms with Gasteiger partial charge < -0.3 is 10.5 Å². The highest BCUT2D eigenvalue weighted by Gasteiger charge is 2.30. The first-order valence-corrected chi connectivity index (χ1v) is 6.99. The molecule has 2 aliphatic rings. The lowest BCUT2D eigenvalue weighted by molar-refractivity contribution is -0.134. The molecule has 0 spiro atoms. The van der Waals surface area contributed by atoms with E-state index >= 15 is 0 Å². The van der Waals surface area contributed by atoms with Gasteiger partial charge in [-0.1, -0.05) is 6.07 Å².